The Kier molecular flexibility index (Phi) is 26.8. The van der Waals surface area contributed by atoms with Crippen LogP contribution in [0.3, 0.4) is 0 Å². The minimum atomic E-state index is -2.49. The van der Waals surface area contributed by atoms with E-state index in [2.05, 4.69) is 57.2 Å². The fourth-order valence-electron chi connectivity index (χ4n) is 7.99. The molecule has 0 bridgehead atoms. The van der Waals surface area contributed by atoms with E-state index in [0.717, 1.165) is 4.90 Å². The summed E-state index contributed by atoms with van der Waals surface area (Å²) in [5.41, 5.74) is 1.10. The number of thiol groups is 2. The van der Waals surface area contributed by atoms with Crippen LogP contribution in [0.4, 0.5) is 4.79 Å². The van der Waals surface area contributed by atoms with Gasteiger partial charge in [0, 0.05) is 37.3 Å². The Balaban J connectivity index is 1.95. The van der Waals surface area contributed by atoms with E-state index in [1.165, 1.54) is 0 Å². The summed E-state index contributed by atoms with van der Waals surface area (Å²) >= 11 is 8.21. The number of carboxylic acid groups (broad SMARTS) is 6. The maximum atomic E-state index is 14.4. The molecule has 3 rings (SSSR count). The molecule has 1 fully saturated rings. The van der Waals surface area contributed by atoms with E-state index >= 15 is 0 Å². The summed E-state index contributed by atoms with van der Waals surface area (Å²) in [5.74, 6) is -29.1. The van der Waals surface area contributed by atoms with Gasteiger partial charge in [-0.3, -0.25) is 57.5 Å². The highest BCUT2D eigenvalue weighted by Crippen LogP contribution is 2.23. The molecule has 0 aliphatic carbocycles. The van der Waals surface area contributed by atoms with Crippen LogP contribution < -0.4 is 31.9 Å². The standard InChI is InChI=1S/C50H63N7O22S2/c1-24(2)16-30(51-40(61)34(22-80)54-39(60)32(18-28(45(68)69)46(70)71)56-50(77)79-21-26-12-7-4-8-13-26)37(58)52-31(17-27(43(64)65)44(66)67)38(59)53-33(19-29(47(72)73)48(74)75)42(63)57-15-9-14-36(57)41(62)55-35(23-81)49(76)78-20-25-10-5-3-6-11-25/h3-8,10-13,24,27-36,80-81H,9,14-23H2,1-2H3,(H,51,61)(H,52,58)(H,53,59)(H,54,60)(H,55,62)(H,56,77)(H,64,65)(H,66,67)(H,68,69)(H,70,71)(H,72,73)(H,74,75)/t30-,31-,32-,33-,34-,35-,36-/m0/s1. The van der Waals surface area contributed by atoms with Crippen LogP contribution in [0.1, 0.15) is 63.5 Å². The average molecular weight is 1180 g/mol. The molecule has 2 aromatic carbocycles. The van der Waals surface area contributed by atoms with Gasteiger partial charge in [-0.05, 0) is 36.3 Å². The number of carbonyl (C=O) groups is 14. The zero-order valence-electron chi connectivity index (χ0n) is 43.5. The minimum Gasteiger partial charge on any atom is -0.481 e. The van der Waals surface area contributed by atoms with Crippen molar-refractivity contribution in [3.63, 3.8) is 0 Å². The number of aliphatic carboxylic acids is 6. The molecule has 81 heavy (non-hydrogen) atoms. The van der Waals surface area contributed by atoms with Crippen molar-refractivity contribution in [2.75, 3.05) is 18.1 Å². The summed E-state index contributed by atoms with van der Waals surface area (Å²) in [5, 5.41) is 71.6. The molecule has 0 spiro atoms. The maximum Gasteiger partial charge on any atom is 0.408 e. The van der Waals surface area contributed by atoms with Crippen LogP contribution in [0.5, 0.6) is 0 Å². The zero-order chi connectivity index (χ0) is 60.7. The average Bonchev–Trinajstić information content (AvgIpc) is 3.91. The number of benzene rings is 2. The molecule has 2 aromatic rings. The zero-order valence-corrected chi connectivity index (χ0v) is 45.2. The number of hydrogen-bond donors (Lipinski definition) is 14. The van der Waals surface area contributed by atoms with Crippen LogP contribution in [0, 0.1) is 23.7 Å². The number of carbonyl (C=O) groups excluding carboxylic acids is 8. The highest BCUT2D eigenvalue weighted by molar-refractivity contribution is 7.80. The van der Waals surface area contributed by atoms with E-state index in [1.807, 2.05) is 0 Å². The van der Waals surface area contributed by atoms with Gasteiger partial charge in [0.2, 0.25) is 35.4 Å². The van der Waals surface area contributed by atoms with Gasteiger partial charge in [-0.25, -0.2) is 9.59 Å². The summed E-state index contributed by atoms with van der Waals surface area (Å²) in [6.45, 7) is 2.32. The number of carboxylic acids is 6. The quantitative estimate of drug-likeness (QED) is 0.0228. The van der Waals surface area contributed by atoms with Gasteiger partial charge in [0.25, 0.3) is 0 Å². The van der Waals surface area contributed by atoms with Crippen LogP contribution in [0.2, 0.25) is 0 Å². The van der Waals surface area contributed by atoms with Crippen molar-refractivity contribution in [1.82, 2.24) is 36.8 Å². The number of nitrogens with one attached hydrogen (secondary N) is 6. The fourth-order valence-corrected chi connectivity index (χ4v) is 8.48. The van der Waals surface area contributed by atoms with E-state index in [9.17, 15) is 97.8 Å². The molecule has 7 amide bonds. The number of amides is 7. The lowest BCUT2D eigenvalue weighted by molar-refractivity contribution is -0.158. The van der Waals surface area contributed by atoms with Crippen LogP contribution in [-0.4, -0.2) is 179 Å². The predicted molar refractivity (Wildman–Crippen MR) is 281 cm³/mol. The third-order valence-electron chi connectivity index (χ3n) is 12.3. The van der Waals surface area contributed by atoms with Crippen LogP contribution in [-0.2, 0) is 85.0 Å². The van der Waals surface area contributed by atoms with E-state index in [-0.39, 0.29) is 44.8 Å². The molecule has 0 unspecified atom stereocenters. The molecule has 31 heteroatoms. The topological polar surface area (TPSA) is 454 Å². The van der Waals surface area contributed by atoms with Gasteiger partial charge in [0.1, 0.15) is 55.5 Å². The van der Waals surface area contributed by atoms with Crippen molar-refractivity contribution >= 4 is 109 Å². The van der Waals surface area contributed by atoms with Gasteiger partial charge in [-0.15, -0.1) is 0 Å². The van der Waals surface area contributed by atoms with E-state index in [0.29, 0.717) is 11.1 Å². The molecule has 7 atom stereocenters. The van der Waals surface area contributed by atoms with Crippen molar-refractivity contribution in [2.24, 2.45) is 23.7 Å². The predicted octanol–water partition coefficient (Wildman–Crippen LogP) is -1.13. The summed E-state index contributed by atoms with van der Waals surface area (Å²) in [4.78, 5) is 183. The SMILES string of the molecule is CC(C)C[C@H](NC(=O)[C@H](CS)NC(=O)[C@H](CC(C(=O)O)C(=O)O)NC(=O)OCc1ccccc1)C(=O)N[C@@H](CC(C(=O)O)C(=O)O)C(=O)N[C@@H](CC(C(=O)O)C(=O)O)C(=O)N1CCC[C@H]1C(=O)N[C@@H](CS)C(=O)OCc1ccccc1. The second-order valence-electron chi connectivity index (χ2n) is 18.7. The molecule has 1 heterocycles. The highest BCUT2D eigenvalue weighted by atomic mass is 32.1. The molecule has 0 radical (unpaired) electrons. The van der Waals surface area contributed by atoms with Gasteiger partial charge in [-0.1, -0.05) is 74.5 Å². The Labute approximate surface area is 472 Å². The smallest absolute Gasteiger partial charge is 0.408 e. The Morgan fingerprint density at radius 3 is 1.28 bits per heavy atom. The Morgan fingerprint density at radius 2 is 0.864 bits per heavy atom. The molecule has 1 aliphatic heterocycles. The van der Waals surface area contributed by atoms with Crippen LogP contribution in [0.15, 0.2) is 60.7 Å². The van der Waals surface area contributed by atoms with Gasteiger partial charge in [0.05, 0.1) is 0 Å². The summed E-state index contributed by atoms with van der Waals surface area (Å²) in [6, 6.07) is 3.67. The van der Waals surface area contributed by atoms with E-state index in [1.54, 1.807) is 74.5 Å². The summed E-state index contributed by atoms with van der Waals surface area (Å²) in [6.07, 6.45) is -5.23. The van der Waals surface area contributed by atoms with Crippen molar-refractivity contribution in [3.05, 3.63) is 71.8 Å². The first-order chi connectivity index (χ1) is 38.2. The molecule has 12 N–H and O–H groups in total. The first kappa shape index (κ1) is 66.8. The summed E-state index contributed by atoms with van der Waals surface area (Å²) < 4.78 is 10.4. The van der Waals surface area contributed by atoms with Crippen LogP contribution in [0.25, 0.3) is 0 Å². The second kappa shape index (κ2) is 32.6. The lowest BCUT2D eigenvalue weighted by atomic mass is 9.95. The molecule has 1 aliphatic rings. The molecular formula is C50H63N7O22S2. The van der Waals surface area contributed by atoms with Gasteiger partial charge in [0.15, 0.2) is 17.8 Å². The van der Waals surface area contributed by atoms with Crippen molar-refractivity contribution in [3.8, 4) is 0 Å². The third kappa shape index (κ3) is 21.3. The summed E-state index contributed by atoms with van der Waals surface area (Å²) in [7, 11) is 0. The van der Waals surface area contributed by atoms with Gasteiger partial charge in [-0.2, -0.15) is 25.3 Å². The van der Waals surface area contributed by atoms with E-state index < -0.39 is 174 Å². The Morgan fingerprint density at radius 1 is 0.494 bits per heavy atom. The molecule has 442 valence electrons. The lowest BCUT2D eigenvalue weighted by Gasteiger charge is -2.31. The number of nitrogens with zero attached hydrogens (tertiary/aromatic N) is 1. The molecule has 1 saturated heterocycles. The first-order valence-electron chi connectivity index (χ1n) is 24.8. The van der Waals surface area contributed by atoms with Crippen molar-refractivity contribution in [1.29, 1.82) is 0 Å². The van der Waals surface area contributed by atoms with Crippen molar-refractivity contribution in [2.45, 2.75) is 108 Å². The van der Waals surface area contributed by atoms with Gasteiger partial charge < -0.3 is 76.9 Å². The Hall–Kier alpha value is -8.48. The number of hydrogen-bond acceptors (Lipinski definition) is 18. The molecule has 29 nitrogen and oxygen atoms in total. The number of likely N-dealkylation sites (tertiary alicyclic amines) is 1. The largest absolute Gasteiger partial charge is 0.481 e. The van der Waals surface area contributed by atoms with Crippen molar-refractivity contribution < 1.29 is 107 Å². The second-order valence-corrected chi connectivity index (χ2v) is 19.5. The van der Waals surface area contributed by atoms with Gasteiger partial charge >= 0.3 is 47.9 Å². The fraction of sp³-hybridized carbons (Fsp3) is 0.480. The number of rotatable bonds is 33. The highest BCUT2D eigenvalue weighted by Gasteiger charge is 2.44. The number of ether oxygens (including phenoxy) is 2. The number of esters is 1. The first-order valence-corrected chi connectivity index (χ1v) is 26.0. The molecular weight excluding hydrogens is 1110 g/mol. The Bertz CT molecular complexity index is 2590. The lowest BCUT2D eigenvalue weighted by Crippen LogP contribution is -2.61. The van der Waals surface area contributed by atoms with Crippen LogP contribution >= 0.6 is 25.3 Å². The normalized spacial score (nSPS) is 15.2. The monoisotopic (exact) mass is 1180 g/mol. The molecule has 0 saturated carbocycles. The van der Waals surface area contributed by atoms with E-state index in [4.69, 9.17) is 9.47 Å². The molecule has 0 aromatic heterocycles. The number of alkyl carbamates (subject to hydrolysis) is 1. The minimum absolute atomic E-state index is 0.0760. The maximum absolute atomic E-state index is 14.4. The third-order valence-corrected chi connectivity index (χ3v) is 13.0.